The van der Waals surface area contributed by atoms with E-state index in [0.29, 0.717) is 37.8 Å². The van der Waals surface area contributed by atoms with Crippen LogP contribution in [0.2, 0.25) is 0 Å². The van der Waals surface area contributed by atoms with Crippen LogP contribution in [0.5, 0.6) is 11.5 Å². The number of carbonyl (C=O) groups is 1. The van der Waals surface area contributed by atoms with Gasteiger partial charge in [-0.15, -0.1) is 11.3 Å². The first-order chi connectivity index (χ1) is 16.5. The van der Waals surface area contributed by atoms with Crippen molar-refractivity contribution in [3.63, 3.8) is 0 Å². The molecule has 0 spiro atoms. The molecule has 5 rings (SSSR count). The lowest BCUT2D eigenvalue weighted by Gasteiger charge is -2.34. The van der Waals surface area contributed by atoms with Crippen molar-refractivity contribution in [2.45, 2.75) is 17.7 Å². The molecule has 0 saturated carbocycles. The van der Waals surface area contributed by atoms with Crippen molar-refractivity contribution in [2.24, 2.45) is 0 Å². The van der Waals surface area contributed by atoms with Crippen LogP contribution in [0.15, 0.2) is 58.8 Å². The maximum absolute atomic E-state index is 13.1. The molecule has 8 nitrogen and oxygen atoms in total. The van der Waals surface area contributed by atoms with E-state index in [2.05, 4.69) is 17.1 Å². The molecule has 1 saturated heterocycles. The zero-order valence-corrected chi connectivity index (χ0v) is 20.2. The second kappa shape index (κ2) is 9.73. The van der Waals surface area contributed by atoms with Gasteiger partial charge >= 0.3 is 0 Å². The molecule has 0 unspecified atom stereocenters. The standard InChI is InChI=1S/C24H25N3O5S2/c28-24(15-19-17-33-23(25-19)14-18-4-2-1-3-5-18)26-8-10-27(11-9-26)34(29,30)20-6-7-21-22(16-20)32-13-12-31-21/h1-7,16-17H,8-15H2. The van der Waals surface area contributed by atoms with Crippen LogP contribution in [0.3, 0.4) is 0 Å². The quantitative estimate of drug-likeness (QED) is 0.518. The van der Waals surface area contributed by atoms with E-state index in [0.717, 1.165) is 17.1 Å². The molecule has 0 atom stereocenters. The molecule has 10 heteroatoms. The Labute approximate surface area is 202 Å². The summed E-state index contributed by atoms with van der Waals surface area (Å²) in [5.41, 5.74) is 1.94. The third-order valence-corrected chi connectivity index (χ3v) is 8.66. The summed E-state index contributed by atoms with van der Waals surface area (Å²) in [4.78, 5) is 19.3. The normalized spacial score (nSPS) is 16.4. The van der Waals surface area contributed by atoms with Crippen molar-refractivity contribution in [3.8, 4) is 11.5 Å². The van der Waals surface area contributed by atoms with Crippen molar-refractivity contribution < 1.29 is 22.7 Å². The summed E-state index contributed by atoms with van der Waals surface area (Å²) in [6, 6.07) is 14.8. The van der Waals surface area contributed by atoms with E-state index in [1.165, 1.54) is 22.0 Å². The molecule has 178 valence electrons. The summed E-state index contributed by atoms with van der Waals surface area (Å²) in [5.74, 6) is 0.957. The third-order valence-electron chi connectivity index (χ3n) is 5.87. The van der Waals surface area contributed by atoms with Gasteiger partial charge in [-0.3, -0.25) is 4.79 Å². The van der Waals surface area contributed by atoms with E-state index in [1.807, 2.05) is 23.6 Å². The fraction of sp³-hybridized carbons (Fsp3) is 0.333. The van der Waals surface area contributed by atoms with Gasteiger partial charge in [-0.1, -0.05) is 30.3 Å². The number of hydrogen-bond donors (Lipinski definition) is 0. The number of aromatic nitrogens is 1. The Kier molecular flexibility index (Phi) is 6.53. The number of amides is 1. The number of thiazole rings is 1. The maximum atomic E-state index is 13.1. The summed E-state index contributed by atoms with van der Waals surface area (Å²) in [6.45, 7) is 2.04. The average Bonchev–Trinajstić information content (AvgIpc) is 3.30. The molecule has 2 aromatic carbocycles. The van der Waals surface area contributed by atoms with E-state index in [4.69, 9.17) is 9.47 Å². The number of carbonyl (C=O) groups excluding carboxylic acids is 1. The van der Waals surface area contributed by atoms with Gasteiger partial charge in [0, 0.05) is 44.0 Å². The van der Waals surface area contributed by atoms with Crippen LogP contribution in [0, 0.1) is 0 Å². The zero-order valence-electron chi connectivity index (χ0n) is 18.6. The Morgan fingerprint density at radius 1 is 0.971 bits per heavy atom. The summed E-state index contributed by atoms with van der Waals surface area (Å²) in [7, 11) is -3.68. The van der Waals surface area contributed by atoms with Crippen molar-refractivity contribution in [3.05, 3.63) is 70.2 Å². The molecule has 0 aliphatic carbocycles. The molecule has 34 heavy (non-hydrogen) atoms. The monoisotopic (exact) mass is 499 g/mol. The summed E-state index contributed by atoms with van der Waals surface area (Å²) in [5, 5.41) is 2.91. The predicted molar refractivity (Wildman–Crippen MR) is 128 cm³/mol. The van der Waals surface area contributed by atoms with Crippen LogP contribution in [0.1, 0.15) is 16.3 Å². The van der Waals surface area contributed by atoms with Crippen molar-refractivity contribution in [1.82, 2.24) is 14.2 Å². The van der Waals surface area contributed by atoms with Crippen LogP contribution in [0.4, 0.5) is 0 Å². The maximum Gasteiger partial charge on any atom is 0.243 e. The lowest BCUT2D eigenvalue weighted by Crippen LogP contribution is -2.50. The molecule has 1 amide bonds. The topological polar surface area (TPSA) is 89.0 Å². The second-order valence-corrected chi connectivity index (χ2v) is 11.0. The van der Waals surface area contributed by atoms with Gasteiger partial charge in [0.1, 0.15) is 13.2 Å². The minimum absolute atomic E-state index is 0.0343. The Balaban J connectivity index is 1.17. The van der Waals surface area contributed by atoms with Crippen LogP contribution in [-0.2, 0) is 27.7 Å². The van der Waals surface area contributed by atoms with E-state index >= 15 is 0 Å². The minimum atomic E-state index is -3.68. The smallest absolute Gasteiger partial charge is 0.243 e. The number of nitrogens with zero attached hydrogens (tertiary/aromatic N) is 3. The fourth-order valence-electron chi connectivity index (χ4n) is 4.06. The highest BCUT2D eigenvalue weighted by Crippen LogP contribution is 2.33. The first-order valence-electron chi connectivity index (χ1n) is 11.1. The van der Waals surface area contributed by atoms with Crippen molar-refractivity contribution >= 4 is 27.3 Å². The molecule has 2 aliphatic rings. The lowest BCUT2D eigenvalue weighted by molar-refractivity contribution is -0.131. The van der Waals surface area contributed by atoms with Gasteiger partial charge in [0.15, 0.2) is 11.5 Å². The highest BCUT2D eigenvalue weighted by molar-refractivity contribution is 7.89. The van der Waals surface area contributed by atoms with Crippen LogP contribution in [-0.4, -0.2) is 67.9 Å². The predicted octanol–water partition coefficient (Wildman–Crippen LogP) is 2.58. The molecule has 1 aromatic heterocycles. The average molecular weight is 500 g/mol. The largest absolute Gasteiger partial charge is 0.486 e. The van der Waals surface area contributed by atoms with Gasteiger partial charge in [-0.25, -0.2) is 13.4 Å². The number of fused-ring (bicyclic) bond motifs is 1. The Morgan fingerprint density at radius 3 is 2.47 bits per heavy atom. The van der Waals surface area contributed by atoms with Gasteiger partial charge in [0.2, 0.25) is 15.9 Å². The second-order valence-electron chi connectivity index (χ2n) is 8.16. The molecule has 0 bridgehead atoms. The summed E-state index contributed by atoms with van der Waals surface area (Å²) >= 11 is 1.56. The number of rotatable bonds is 6. The van der Waals surface area contributed by atoms with E-state index in [9.17, 15) is 13.2 Å². The highest BCUT2D eigenvalue weighted by atomic mass is 32.2. The number of hydrogen-bond acceptors (Lipinski definition) is 7. The number of ether oxygens (including phenoxy) is 2. The lowest BCUT2D eigenvalue weighted by atomic mass is 10.2. The van der Waals surface area contributed by atoms with Crippen LogP contribution in [0.25, 0.3) is 0 Å². The van der Waals surface area contributed by atoms with Gasteiger partial charge in [0.05, 0.1) is 22.0 Å². The zero-order chi connectivity index (χ0) is 23.5. The fourth-order valence-corrected chi connectivity index (χ4v) is 6.33. The third kappa shape index (κ3) is 4.94. The minimum Gasteiger partial charge on any atom is -0.486 e. The number of benzene rings is 2. The molecule has 0 N–H and O–H groups in total. The first-order valence-corrected chi connectivity index (χ1v) is 13.5. The van der Waals surface area contributed by atoms with Crippen LogP contribution >= 0.6 is 11.3 Å². The Morgan fingerprint density at radius 2 is 1.71 bits per heavy atom. The van der Waals surface area contributed by atoms with E-state index in [1.54, 1.807) is 22.3 Å². The molecule has 0 radical (unpaired) electrons. The van der Waals surface area contributed by atoms with Gasteiger partial charge in [-0.05, 0) is 17.7 Å². The van der Waals surface area contributed by atoms with E-state index < -0.39 is 10.0 Å². The molecule has 3 aromatic rings. The van der Waals surface area contributed by atoms with Crippen LogP contribution < -0.4 is 9.47 Å². The Bertz CT molecular complexity index is 1270. The summed E-state index contributed by atoms with van der Waals surface area (Å²) in [6.07, 6.45) is 0.969. The Hall–Kier alpha value is -2.95. The SMILES string of the molecule is O=C(Cc1csc(Cc2ccccc2)n1)N1CCN(S(=O)(=O)c2ccc3c(c2)OCCO3)CC1. The molecule has 2 aliphatic heterocycles. The molecular formula is C24H25N3O5S2. The summed E-state index contributed by atoms with van der Waals surface area (Å²) < 4.78 is 38.6. The van der Waals surface area contributed by atoms with Crippen molar-refractivity contribution in [1.29, 1.82) is 0 Å². The first kappa shape index (κ1) is 22.8. The highest BCUT2D eigenvalue weighted by Gasteiger charge is 2.31. The number of piperazine rings is 1. The van der Waals surface area contributed by atoms with Crippen molar-refractivity contribution in [2.75, 3.05) is 39.4 Å². The molecule has 3 heterocycles. The molecule has 1 fully saturated rings. The van der Waals surface area contributed by atoms with E-state index in [-0.39, 0.29) is 30.3 Å². The van der Waals surface area contributed by atoms with Gasteiger partial charge < -0.3 is 14.4 Å². The van der Waals surface area contributed by atoms with Gasteiger partial charge in [-0.2, -0.15) is 4.31 Å². The molecular weight excluding hydrogens is 474 g/mol. The number of sulfonamides is 1. The van der Waals surface area contributed by atoms with Gasteiger partial charge in [0.25, 0.3) is 0 Å².